The van der Waals surface area contributed by atoms with Crippen molar-refractivity contribution in [2.45, 2.75) is 66.3 Å². The van der Waals surface area contributed by atoms with Crippen LogP contribution >= 0.6 is 27.3 Å². The van der Waals surface area contributed by atoms with E-state index in [4.69, 9.17) is 0 Å². The number of thiophene rings is 1. The van der Waals surface area contributed by atoms with Crippen LogP contribution in [-0.4, -0.2) is 12.6 Å². The smallest absolute Gasteiger partial charge is 0.0701 e. The molecule has 0 aliphatic heterocycles. The summed E-state index contributed by atoms with van der Waals surface area (Å²) < 4.78 is 1.24. The van der Waals surface area contributed by atoms with Crippen LogP contribution in [0.4, 0.5) is 0 Å². The molecule has 0 amide bonds. The fraction of sp³-hybridized carbons (Fsp3) is 0.765. The molecule has 0 aromatic carbocycles. The van der Waals surface area contributed by atoms with Crippen LogP contribution in [0.15, 0.2) is 15.9 Å². The second-order valence-electron chi connectivity index (χ2n) is 7.17. The molecule has 1 heterocycles. The summed E-state index contributed by atoms with van der Waals surface area (Å²) >= 11 is 5.43. The minimum absolute atomic E-state index is 0.431. The molecule has 1 nitrogen and oxygen atoms in total. The van der Waals surface area contributed by atoms with Gasteiger partial charge in [0, 0.05) is 10.9 Å². The van der Waals surface area contributed by atoms with Gasteiger partial charge in [-0.1, -0.05) is 34.6 Å². The lowest BCUT2D eigenvalue weighted by atomic mass is 9.82. The average Bonchev–Trinajstić information content (AvgIpc) is 2.69. The highest BCUT2D eigenvalue weighted by Crippen LogP contribution is 2.28. The Labute approximate surface area is 137 Å². The number of rotatable bonds is 8. The summed E-state index contributed by atoms with van der Waals surface area (Å²) in [6.45, 7) is 12.8. The van der Waals surface area contributed by atoms with Crippen LogP contribution in [0, 0.1) is 11.3 Å². The maximum absolute atomic E-state index is 3.74. The molecule has 3 heteroatoms. The fourth-order valence-corrected chi connectivity index (χ4v) is 4.47. The molecule has 1 N–H and O–H groups in total. The Hall–Kier alpha value is 0.140. The van der Waals surface area contributed by atoms with E-state index in [0.29, 0.717) is 11.5 Å². The summed E-state index contributed by atoms with van der Waals surface area (Å²) in [5, 5.41) is 3.74. The van der Waals surface area contributed by atoms with Gasteiger partial charge in [0.2, 0.25) is 0 Å². The molecule has 2 atom stereocenters. The summed E-state index contributed by atoms with van der Waals surface area (Å²) in [7, 11) is 0. The maximum Gasteiger partial charge on any atom is 0.0701 e. The zero-order valence-corrected chi connectivity index (χ0v) is 16.0. The molecule has 0 saturated carbocycles. The fourth-order valence-electron chi connectivity index (χ4n) is 2.91. The van der Waals surface area contributed by atoms with Gasteiger partial charge in [-0.25, -0.2) is 0 Å². The van der Waals surface area contributed by atoms with Gasteiger partial charge in [0.05, 0.1) is 3.79 Å². The number of hydrogen-bond donors (Lipinski definition) is 1. The third kappa shape index (κ3) is 7.80. The van der Waals surface area contributed by atoms with Crippen molar-refractivity contribution in [2.75, 3.05) is 6.54 Å². The molecular formula is C17H30BrNS. The lowest BCUT2D eigenvalue weighted by molar-refractivity contribution is 0.274. The SMILES string of the molecule is CCCNC(Cc1ccc(Br)s1)CC(C)CC(C)(C)C. The van der Waals surface area contributed by atoms with Gasteiger partial charge in [-0.05, 0) is 71.6 Å². The van der Waals surface area contributed by atoms with E-state index in [1.807, 2.05) is 11.3 Å². The molecule has 0 bridgehead atoms. The Morgan fingerprint density at radius 1 is 1.30 bits per heavy atom. The highest BCUT2D eigenvalue weighted by molar-refractivity contribution is 9.11. The summed E-state index contributed by atoms with van der Waals surface area (Å²) in [4.78, 5) is 1.48. The van der Waals surface area contributed by atoms with E-state index in [9.17, 15) is 0 Å². The molecule has 116 valence electrons. The average molecular weight is 360 g/mol. The van der Waals surface area contributed by atoms with Gasteiger partial charge in [0.1, 0.15) is 0 Å². The van der Waals surface area contributed by atoms with Crippen molar-refractivity contribution in [2.24, 2.45) is 11.3 Å². The monoisotopic (exact) mass is 359 g/mol. The zero-order chi connectivity index (χ0) is 15.2. The first kappa shape index (κ1) is 18.2. The first-order valence-electron chi connectivity index (χ1n) is 7.77. The first-order chi connectivity index (χ1) is 9.30. The Kier molecular flexibility index (Phi) is 7.78. The van der Waals surface area contributed by atoms with Crippen LogP contribution in [0.25, 0.3) is 0 Å². The third-order valence-electron chi connectivity index (χ3n) is 3.41. The van der Waals surface area contributed by atoms with E-state index in [0.717, 1.165) is 18.9 Å². The molecular weight excluding hydrogens is 330 g/mol. The van der Waals surface area contributed by atoms with Gasteiger partial charge in [-0.15, -0.1) is 11.3 Å². The molecule has 20 heavy (non-hydrogen) atoms. The third-order valence-corrected chi connectivity index (χ3v) is 5.05. The number of hydrogen-bond acceptors (Lipinski definition) is 2. The van der Waals surface area contributed by atoms with Crippen molar-refractivity contribution in [3.63, 3.8) is 0 Å². The predicted octanol–water partition coefficient (Wildman–Crippen LogP) is 5.88. The highest BCUT2D eigenvalue weighted by atomic mass is 79.9. The van der Waals surface area contributed by atoms with E-state index in [1.165, 1.54) is 27.9 Å². The van der Waals surface area contributed by atoms with Crippen molar-refractivity contribution in [3.05, 3.63) is 20.8 Å². The molecule has 0 saturated heterocycles. The van der Waals surface area contributed by atoms with Crippen LogP contribution in [0.2, 0.25) is 0 Å². The van der Waals surface area contributed by atoms with Gasteiger partial charge < -0.3 is 5.32 Å². The molecule has 0 fully saturated rings. The van der Waals surface area contributed by atoms with Crippen LogP contribution < -0.4 is 5.32 Å². The van der Waals surface area contributed by atoms with Crippen molar-refractivity contribution >= 4 is 27.3 Å². The molecule has 0 aliphatic carbocycles. The predicted molar refractivity (Wildman–Crippen MR) is 95.7 cm³/mol. The number of nitrogens with one attached hydrogen (secondary N) is 1. The molecule has 1 aromatic rings. The van der Waals surface area contributed by atoms with E-state index >= 15 is 0 Å². The summed E-state index contributed by atoms with van der Waals surface area (Å²) in [6.07, 6.45) is 4.93. The van der Waals surface area contributed by atoms with E-state index < -0.39 is 0 Å². The van der Waals surface area contributed by atoms with Crippen LogP contribution in [0.3, 0.4) is 0 Å². The topological polar surface area (TPSA) is 12.0 Å². The van der Waals surface area contributed by atoms with Crippen molar-refractivity contribution in [1.82, 2.24) is 5.32 Å². The quantitative estimate of drug-likeness (QED) is 0.610. The maximum atomic E-state index is 3.74. The van der Waals surface area contributed by atoms with Gasteiger partial charge in [-0.3, -0.25) is 0 Å². The standard InChI is InChI=1S/C17H30BrNS/c1-6-9-19-14(10-13(2)12-17(3,4)5)11-15-7-8-16(18)20-15/h7-8,13-14,19H,6,9-12H2,1-5H3. The largest absolute Gasteiger partial charge is 0.314 e. The lowest BCUT2D eigenvalue weighted by Crippen LogP contribution is -2.33. The first-order valence-corrected chi connectivity index (χ1v) is 9.38. The van der Waals surface area contributed by atoms with Crippen molar-refractivity contribution < 1.29 is 0 Å². The van der Waals surface area contributed by atoms with Crippen LogP contribution in [-0.2, 0) is 6.42 Å². The van der Waals surface area contributed by atoms with Crippen molar-refractivity contribution in [1.29, 1.82) is 0 Å². The highest BCUT2D eigenvalue weighted by Gasteiger charge is 2.19. The molecule has 0 radical (unpaired) electrons. The van der Waals surface area contributed by atoms with Gasteiger partial charge in [-0.2, -0.15) is 0 Å². The molecule has 1 aromatic heterocycles. The van der Waals surface area contributed by atoms with E-state index in [1.54, 1.807) is 0 Å². The molecule has 2 unspecified atom stereocenters. The van der Waals surface area contributed by atoms with Crippen LogP contribution in [0.5, 0.6) is 0 Å². The van der Waals surface area contributed by atoms with Crippen molar-refractivity contribution in [3.8, 4) is 0 Å². The Morgan fingerprint density at radius 2 is 2.00 bits per heavy atom. The molecule has 1 rings (SSSR count). The summed E-state index contributed by atoms with van der Waals surface area (Å²) in [5.41, 5.74) is 0.431. The minimum atomic E-state index is 0.431. The van der Waals surface area contributed by atoms with Crippen LogP contribution in [0.1, 0.15) is 58.8 Å². The summed E-state index contributed by atoms with van der Waals surface area (Å²) in [5.74, 6) is 0.771. The minimum Gasteiger partial charge on any atom is -0.314 e. The second-order valence-corrected chi connectivity index (χ2v) is 9.71. The lowest BCUT2D eigenvalue weighted by Gasteiger charge is -2.27. The van der Waals surface area contributed by atoms with E-state index in [-0.39, 0.29) is 0 Å². The van der Waals surface area contributed by atoms with Gasteiger partial charge in [0.25, 0.3) is 0 Å². The van der Waals surface area contributed by atoms with Gasteiger partial charge >= 0.3 is 0 Å². The molecule has 0 spiro atoms. The molecule has 0 aliphatic rings. The Morgan fingerprint density at radius 3 is 2.50 bits per heavy atom. The Balaban J connectivity index is 2.54. The normalized spacial score (nSPS) is 15.3. The van der Waals surface area contributed by atoms with Gasteiger partial charge in [0.15, 0.2) is 0 Å². The number of halogens is 1. The summed E-state index contributed by atoms with van der Waals surface area (Å²) in [6, 6.07) is 5.03. The zero-order valence-electron chi connectivity index (χ0n) is 13.6. The van der Waals surface area contributed by atoms with E-state index in [2.05, 4.69) is 68.0 Å². The Bertz CT molecular complexity index is 381. The second kappa shape index (κ2) is 8.55.